The number of carbonyl (C=O) groups excluding carboxylic acids is 1. The number of ether oxygens (including phenoxy) is 1. The molecule has 2 heterocycles. The summed E-state index contributed by atoms with van der Waals surface area (Å²) in [4.78, 5) is 17.4. The lowest BCUT2D eigenvalue weighted by atomic mass is 10.1. The number of halogens is 2. The Hall–Kier alpha value is -0.850. The number of benzene rings is 1. The predicted octanol–water partition coefficient (Wildman–Crippen LogP) is 2.33. The molecule has 0 radical (unpaired) electrons. The van der Waals surface area contributed by atoms with E-state index < -0.39 is 0 Å². The van der Waals surface area contributed by atoms with Crippen LogP contribution in [0.5, 0.6) is 0 Å². The summed E-state index contributed by atoms with van der Waals surface area (Å²) in [5, 5.41) is 3.37. The van der Waals surface area contributed by atoms with Crippen LogP contribution in [-0.2, 0) is 16.1 Å². The number of nitrogens with zero attached hydrogens (tertiary/aromatic N) is 2. The van der Waals surface area contributed by atoms with Crippen LogP contribution in [0.1, 0.15) is 25.3 Å². The molecule has 3 rings (SSSR count). The highest BCUT2D eigenvalue weighted by atomic mass is 35.5. The first kappa shape index (κ1) is 23.2. The molecular weight excluding hydrogens is 373 g/mol. The molecule has 5 nitrogen and oxygen atoms in total. The van der Waals surface area contributed by atoms with Gasteiger partial charge >= 0.3 is 0 Å². The van der Waals surface area contributed by atoms with Gasteiger partial charge in [0.05, 0.1) is 6.61 Å². The maximum atomic E-state index is 13.0. The summed E-state index contributed by atoms with van der Waals surface area (Å²) < 4.78 is 5.84. The lowest BCUT2D eigenvalue weighted by Crippen LogP contribution is -2.53. The Morgan fingerprint density at radius 3 is 2.73 bits per heavy atom. The molecule has 1 amide bonds. The fourth-order valence-corrected chi connectivity index (χ4v) is 3.64. The third kappa shape index (κ3) is 6.10. The van der Waals surface area contributed by atoms with Gasteiger partial charge in [-0.1, -0.05) is 37.3 Å². The molecule has 2 aliphatic heterocycles. The molecule has 0 spiro atoms. The first-order valence-corrected chi connectivity index (χ1v) is 9.17. The fourth-order valence-electron chi connectivity index (χ4n) is 3.64. The first-order chi connectivity index (χ1) is 11.8. The summed E-state index contributed by atoms with van der Waals surface area (Å²) in [6.45, 7) is 7.95. The third-order valence-electron chi connectivity index (χ3n) is 4.90. The molecule has 0 aromatic heterocycles. The number of rotatable bonds is 6. The number of carbonyl (C=O) groups is 1. The van der Waals surface area contributed by atoms with Crippen LogP contribution in [0.4, 0.5) is 0 Å². The van der Waals surface area contributed by atoms with Gasteiger partial charge in [0.25, 0.3) is 5.91 Å². The Kier molecular flexibility index (Phi) is 10.5. The van der Waals surface area contributed by atoms with Crippen molar-refractivity contribution < 1.29 is 9.53 Å². The monoisotopic (exact) mass is 403 g/mol. The molecule has 26 heavy (non-hydrogen) atoms. The van der Waals surface area contributed by atoms with Crippen molar-refractivity contribution >= 4 is 30.7 Å². The van der Waals surface area contributed by atoms with Crippen LogP contribution in [0.25, 0.3) is 0 Å². The average molecular weight is 404 g/mol. The lowest BCUT2D eigenvalue weighted by molar-refractivity contribution is -0.151. The zero-order valence-electron chi connectivity index (χ0n) is 15.4. The second-order valence-electron chi connectivity index (χ2n) is 6.76. The van der Waals surface area contributed by atoms with Crippen LogP contribution in [0.15, 0.2) is 30.3 Å². The van der Waals surface area contributed by atoms with E-state index in [0.29, 0.717) is 19.2 Å². The maximum absolute atomic E-state index is 13.0. The highest BCUT2D eigenvalue weighted by Gasteiger charge is 2.34. The highest BCUT2D eigenvalue weighted by molar-refractivity contribution is 5.85. The smallest absolute Gasteiger partial charge is 0.253 e. The van der Waals surface area contributed by atoms with Crippen molar-refractivity contribution in [3.05, 3.63) is 35.9 Å². The summed E-state index contributed by atoms with van der Waals surface area (Å²) in [5.74, 6) is 0.170. The van der Waals surface area contributed by atoms with Crippen molar-refractivity contribution in [2.45, 2.75) is 38.5 Å². The number of amides is 1. The molecule has 7 heteroatoms. The van der Waals surface area contributed by atoms with Crippen molar-refractivity contribution in [2.75, 3.05) is 39.3 Å². The van der Waals surface area contributed by atoms with Crippen LogP contribution in [0.3, 0.4) is 0 Å². The van der Waals surface area contributed by atoms with Gasteiger partial charge in [0.1, 0.15) is 6.10 Å². The molecule has 2 atom stereocenters. The van der Waals surface area contributed by atoms with E-state index in [9.17, 15) is 4.79 Å². The summed E-state index contributed by atoms with van der Waals surface area (Å²) in [6.07, 6.45) is 1.71. The van der Waals surface area contributed by atoms with Gasteiger partial charge in [-0.15, -0.1) is 24.8 Å². The quantitative estimate of drug-likeness (QED) is 0.791. The minimum absolute atomic E-state index is 0. The van der Waals surface area contributed by atoms with E-state index in [0.717, 1.165) is 45.6 Å². The molecule has 0 aliphatic carbocycles. The minimum Gasteiger partial charge on any atom is -0.366 e. The zero-order valence-corrected chi connectivity index (χ0v) is 17.1. The largest absolute Gasteiger partial charge is 0.366 e. The van der Waals surface area contributed by atoms with E-state index >= 15 is 0 Å². The SMILES string of the molecule is CCCN(C(=O)C1CN(Cc2ccccc2)CCO1)C1CCNC1.Cl.Cl. The van der Waals surface area contributed by atoms with E-state index in [1.165, 1.54) is 5.56 Å². The minimum atomic E-state index is -0.324. The zero-order chi connectivity index (χ0) is 16.8. The molecular formula is C19H31Cl2N3O2. The number of morpholine rings is 1. The number of nitrogens with one attached hydrogen (secondary N) is 1. The maximum Gasteiger partial charge on any atom is 0.253 e. The van der Waals surface area contributed by atoms with E-state index in [1.807, 2.05) is 6.07 Å². The molecule has 2 unspecified atom stereocenters. The lowest BCUT2D eigenvalue weighted by Gasteiger charge is -2.37. The van der Waals surface area contributed by atoms with Gasteiger partial charge in [0, 0.05) is 38.8 Å². The van der Waals surface area contributed by atoms with Crippen LogP contribution < -0.4 is 5.32 Å². The number of hydrogen-bond donors (Lipinski definition) is 1. The third-order valence-corrected chi connectivity index (χ3v) is 4.90. The van der Waals surface area contributed by atoms with Gasteiger partial charge < -0.3 is 15.0 Å². The second-order valence-corrected chi connectivity index (χ2v) is 6.76. The molecule has 0 bridgehead atoms. The van der Waals surface area contributed by atoms with Gasteiger partial charge in [0.15, 0.2) is 0 Å². The molecule has 1 aromatic carbocycles. The van der Waals surface area contributed by atoms with E-state index in [-0.39, 0.29) is 36.8 Å². The predicted molar refractivity (Wildman–Crippen MR) is 109 cm³/mol. The molecule has 0 saturated carbocycles. The summed E-state index contributed by atoms with van der Waals surface area (Å²) >= 11 is 0. The van der Waals surface area contributed by atoms with Gasteiger partial charge in [-0.3, -0.25) is 9.69 Å². The first-order valence-electron chi connectivity index (χ1n) is 9.17. The van der Waals surface area contributed by atoms with Crippen molar-refractivity contribution in [2.24, 2.45) is 0 Å². The van der Waals surface area contributed by atoms with Crippen LogP contribution >= 0.6 is 24.8 Å². The number of hydrogen-bond acceptors (Lipinski definition) is 4. The molecule has 2 aliphatic rings. The summed E-state index contributed by atoms with van der Waals surface area (Å²) in [5.41, 5.74) is 1.29. The van der Waals surface area contributed by atoms with Crippen molar-refractivity contribution in [3.63, 3.8) is 0 Å². The van der Waals surface area contributed by atoms with Gasteiger partial charge in [-0.25, -0.2) is 0 Å². The Bertz CT molecular complexity index is 527. The molecule has 1 aromatic rings. The van der Waals surface area contributed by atoms with Crippen molar-refractivity contribution in [3.8, 4) is 0 Å². The second kappa shape index (κ2) is 11.8. The standard InChI is InChI=1S/C19H29N3O2.2ClH/c1-2-10-22(17-8-9-20-13-17)19(23)18-15-21(11-12-24-18)14-16-6-4-3-5-7-16;;/h3-7,17-18,20H,2,8-15H2,1H3;2*1H. The average Bonchev–Trinajstić information content (AvgIpc) is 3.14. The van der Waals surface area contributed by atoms with Crippen LogP contribution in [-0.4, -0.2) is 67.2 Å². The van der Waals surface area contributed by atoms with Gasteiger partial charge in [-0.05, 0) is 24.9 Å². The Labute approximate surface area is 169 Å². The molecule has 1 N–H and O–H groups in total. The van der Waals surface area contributed by atoms with E-state index in [4.69, 9.17) is 4.74 Å². The Morgan fingerprint density at radius 2 is 2.08 bits per heavy atom. The normalized spacial score (nSPS) is 23.0. The summed E-state index contributed by atoms with van der Waals surface area (Å²) in [6, 6.07) is 10.8. The molecule has 148 valence electrons. The van der Waals surface area contributed by atoms with Crippen LogP contribution in [0, 0.1) is 0 Å². The topological polar surface area (TPSA) is 44.8 Å². The van der Waals surface area contributed by atoms with Crippen molar-refractivity contribution in [1.29, 1.82) is 0 Å². The Morgan fingerprint density at radius 1 is 1.31 bits per heavy atom. The van der Waals surface area contributed by atoms with E-state index in [2.05, 4.69) is 46.3 Å². The van der Waals surface area contributed by atoms with E-state index in [1.54, 1.807) is 0 Å². The van der Waals surface area contributed by atoms with Gasteiger partial charge in [-0.2, -0.15) is 0 Å². The molecule has 2 fully saturated rings. The fraction of sp³-hybridized carbons (Fsp3) is 0.632. The Balaban J connectivity index is 0.00000169. The molecule has 2 saturated heterocycles. The summed E-state index contributed by atoms with van der Waals surface area (Å²) in [7, 11) is 0. The highest BCUT2D eigenvalue weighted by Crippen LogP contribution is 2.16. The van der Waals surface area contributed by atoms with Crippen LogP contribution in [0.2, 0.25) is 0 Å². The van der Waals surface area contributed by atoms with Crippen molar-refractivity contribution in [1.82, 2.24) is 15.1 Å². The van der Waals surface area contributed by atoms with Gasteiger partial charge in [0.2, 0.25) is 0 Å².